The lowest BCUT2D eigenvalue weighted by molar-refractivity contribution is -0.135. The van der Waals surface area contributed by atoms with Crippen LogP contribution in [0, 0.1) is 6.92 Å². The summed E-state index contributed by atoms with van der Waals surface area (Å²) < 4.78 is 11.2. The Morgan fingerprint density at radius 1 is 1.09 bits per heavy atom. The van der Waals surface area contributed by atoms with Gasteiger partial charge in [-0.1, -0.05) is 35.9 Å². The third kappa shape index (κ3) is 5.30. The van der Waals surface area contributed by atoms with Crippen LogP contribution in [0.15, 0.2) is 42.5 Å². The summed E-state index contributed by atoms with van der Waals surface area (Å²) in [4.78, 5) is 10.5. The summed E-state index contributed by atoms with van der Waals surface area (Å²) in [6.07, 6.45) is 0. The van der Waals surface area contributed by atoms with E-state index in [0.29, 0.717) is 24.7 Å². The summed E-state index contributed by atoms with van der Waals surface area (Å²) in [6, 6.07) is 13.7. The molecule has 2 aromatic rings. The second-order valence-electron chi connectivity index (χ2n) is 5.26. The van der Waals surface area contributed by atoms with E-state index in [0.717, 1.165) is 11.1 Å². The average molecular weight is 315 g/mol. The van der Waals surface area contributed by atoms with Gasteiger partial charge in [-0.2, -0.15) is 0 Å². The van der Waals surface area contributed by atoms with Crippen molar-refractivity contribution in [2.24, 2.45) is 0 Å². The number of carboxylic acid groups (broad SMARTS) is 1. The van der Waals surface area contributed by atoms with Crippen molar-refractivity contribution in [3.63, 3.8) is 0 Å². The number of aryl methyl sites for hydroxylation is 1. The highest BCUT2D eigenvalue weighted by Gasteiger charge is 2.07. The molecule has 0 atom stereocenters. The van der Waals surface area contributed by atoms with E-state index in [4.69, 9.17) is 14.6 Å². The molecule has 0 amide bonds. The maximum Gasteiger partial charge on any atom is 0.317 e. The van der Waals surface area contributed by atoms with Crippen LogP contribution < -0.4 is 14.8 Å². The topological polar surface area (TPSA) is 67.8 Å². The second kappa shape index (κ2) is 8.19. The smallest absolute Gasteiger partial charge is 0.317 e. The molecule has 2 rings (SSSR count). The van der Waals surface area contributed by atoms with Gasteiger partial charge in [0, 0.05) is 6.54 Å². The molecule has 0 aliphatic rings. The Hall–Kier alpha value is -2.53. The van der Waals surface area contributed by atoms with Crippen LogP contribution in [0.2, 0.25) is 0 Å². The Bertz CT molecular complexity index is 653. The summed E-state index contributed by atoms with van der Waals surface area (Å²) in [7, 11) is 1.59. The number of hydrogen-bond acceptors (Lipinski definition) is 4. The standard InChI is InChI=1S/C18H21NO4/c1-13-3-5-14(6-4-13)12-23-16-8-7-15(9-17(16)22-2)10-19-11-18(20)21/h3-9,19H,10-12H2,1-2H3,(H,20,21). The monoisotopic (exact) mass is 315 g/mol. The summed E-state index contributed by atoms with van der Waals surface area (Å²) >= 11 is 0. The van der Waals surface area contributed by atoms with Gasteiger partial charge in [-0.3, -0.25) is 4.79 Å². The molecule has 0 aromatic heterocycles. The van der Waals surface area contributed by atoms with Crippen LogP contribution in [0.5, 0.6) is 11.5 Å². The first-order chi connectivity index (χ1) is 11.1. The zero-order valence-corrected chi connectivity index (χ0v) is 13.3. The van der Waals surface area contributed by atoms with Gasteiger partial charge in [-0.05, 0) is 30.2 Å². The van der Waals surface area contributed by atoms with Crippen LogP contribution in [-0.2, 0) is 17.9 Å². The number of methoxy groups -OCH3 is 1. The molecule has 23 heavy (non-hydrogen) atoms. The summed E-state index contributed by atoms with van der Waals surface area (Å²) in [5, 5.41) is 11.5. The summed E-state index contributed by atoms with van der Waals surface area (Å²) in [5.74, 6) is 0.414. The van der Waals surface area contributed by atoms with Crippen molar-refractivity contribution >= 4 is 5.97 Å². The number of benzene rings is 2. The molecule has 5 nitrogen and oxygen atoms in total. The highest BCUT2D eigenvalue weighted by molar-refractivity contribution is 5.69. The third-order valence-corrected chi connectivity index (χ3v) is 3.35. The maximum absolute atomic E-state index is 10.5. The van der Waals surface area contributed by atoms with E-state index in [1.807, 2.05) is 49.4 Å². The SMILES string of the molecule is COc1cc(CNCC(=O)O)ccc1OCc1ccc(C)cc1. The first-order valence-corrected chi connectivity index (χ1v) is 7.36. The number of aliphatic carboxylic acids is 1. The molecule has 122 valence electrons. The molecule has 0 spiro atoms. The van der Waals surface area contributed by atoms with Gasteiger partial charge in [0.2, 0.25) is 0 Å². The van der Waals surface area contributed by atoms with Gasteiger partial charge >= 0.3 is 5.97 Å². The van der Waals surface area contributed by atoms with Gasteiger partial charge in [0.1, 0.15) is 6.61 Å². The van der Waals surface area contributed by atoms with Crippen LogP contribution >= 0.6 is 0 Å². The molecule has 0 saturated carbocycles. The largest absolute Gasteiger partial charge is 0.493 e. The third-order valence-electron chi connectivity index (χ3n) is 3.35. The predicted octanol–water partition coefficient (Wildman–Crippen LogP) is 2.76. The molecule has 0 fully saturated rings. The fourth-order valence-corrected chi connectivity index (χ4v) is 2.10. The number of hydrogen-bond donors (Lipinski definition) is 2. The normalized spacial score (nSPS) is 10.3. The molecular formula is C18H21NO4. The molecule has 2 N–H and O–H groups in total. The van der Waals surface area contributed by atoms with Crippen LogP contribution in [0.25, 0.3) is 0 Å². The average Bonchev–Trinajstić information content (AvgIpc) is 2.54. The van der Waals surface area contributed by atoms with E-state index in [1.165, 1.54) is 5.56 Å². The molecule has 0 radical (unpaired) electrons. The Kier molecular flexibility index (Phi) is 6.00. The minimum absolute atomic E-state index is 0.0754. The molecule has 0 saturated heterocycles. The van der Waals surface area contributed by atoms with Crippen molar-refractivity contribution in [2.75, 3.05) is 13.7 Å². The number of carboxylic acids is 1. The Balaban J connectivity index is 1.98. The predicted molar refractivity (Wildman–Crippen MR) is 87.8 cm³/mol. The van der Waals surface area contributed by atoms with Crippen LogP contribution in [0.1, 0.15) is 16.7 Å². The molecule has 0 unspecified atom stereocenters. The van der Waals surface area contributed by atoms with E-state index < -0.39 is 5.97 Å². The van der Waals surface area contributed by atoms with Crippen molar-refractivity contribution in [2.45, 2.75) is 20.1 Å². The van der Waals surface area contributed by atoms with Gasteiger partial charge in [0.05, 0.1) is 13.7 Å². The zero-order chi connectivity index (χ0) is 16.7. The molecule has 0 aliphatic heterocycles. The van der Waals surface area contributed by atoms with Crippen LogP contribution in [0.4, 0.5) is 0 Å². The van der Waals surface area contributed by atoms with Crippen molar-refractivity contribution in [1.82, 2.24) is 5.32 Å². The van der Waals surface area contributed by atoms with E-state index in [1.54, 1.807) is 7.11 Å². The molecular weight excluding hydrogens is 294 g/mol. The number of carbonyl (C=O) groups is 1. The van der Waals surface area contributed by atoms with Crippen LogP contribution in [0.3, 0.4) is 0 Å². The first-order valence-electron chi connectivity index (χ1n) is 7.36. The van der Waals surface area contributed by atoms with E-state index >= 15 is 0 Å². The molecule has 0 aliphatic carbocycles. The second-order valence-corrected chi connectivity index (χ2v) is 5.26. The summed E-state index contributed by atoms with van der Waals surface area (Å²) in [6.45, 7) is 2.90. The number of nitrogens with one attached hydrogen (secondary N) is 1. The number of rotatable bonds is 8. The highest BCUT2D eigenvalue weighted by Crippen LogP contribution is 2.28. The van der Waals surface area contributed by atoms with E-state index in [2.05, 4.69) is 5.32 Å². The molecule has 0 bridgehead atoms. The van der Waals surface area contributed by atoms with Gasteiger partial charge in [-0.15, -0.1) is 0 Å². The lowest BCUT2D eigenvalue weighted by atomic mass is 10.1. The molecule has 2 aromatic carbocycles. The van der Waals surface area contributed by atoms with Gasteiger partial charge in [0.25, 0.3) is 0 Å². The van der Waals surface area contributed by atoms with Gasteiger partial charge in [-0.25, -0.2) is 0 Å². The van der Waals surface area contributed by atoms with Crippen LogP contribution in [-0.4, -0.2) is 24.7 Å². The minimum Gasteiger partial charge on any atom is -0.493 e. The summed E-state index contributed by atoms with van der Waals surface area (Å²) in [5.41, 5.74) is 3.24. The lowest BCUT2D eigenvalue weighted by Crippen LogP contribution is -2.21. The van der Waals surface area contributed by atoms with E-state index in [9.17, 15) is 4.79 Å². The Morgan fingerprint density at radius 3 is 2.43 bits per heavy atom. The zero-order valence-electron chi connectivity index (χ0n) is 13.3. The van der Waals surface area contributed by atoms with Crippen molar-refractivity contribution in [3.8, 4) is 11.5 Å². The van der Waals surface area contributed by atoms with Gasteiger partial charge < -0.3 is 19.9 Å². The maximum atomic E-state index is 10.5. The quantitative estimate of drug-likeness (QED) is 0.784. The fraction of sp³-hybridized carbons (Fsp3) is 0.278. The Morgan fingerprint density at radius 2 is 1.78 bits per heavy atom. The lowest BCUT2D eigenvalue weighted by Gasteiger charge is -2.12. The minimum atomic E-state index is -0.880. The van der Waals surface area contributed by atoms with Crippen molar-refractivity contribution in [3.05, 3.63) is 59.2 Å². The van der Waals surface area contributed by atoms with Gasteiger partial charge in [0.15, 0.2) is 11.5 Å². The fourth-order valence-electron chi connectivity index (χ4n) is 2.10. The van der Waals surface area contributed by atoms with Crippen molar-refractivity contribution < 1.29 is 19.4 Å². The molecule has 0 heterocycles. The molecule has 5 heteroatoms. The first kappa shape index (κ1) is 16.8. The highest BCUT2D eigenvalue weighted by atomic mass is 16.5. The van der Waals surface area contributed by atoms with E-state index in [-0.39, 0.29) is 6.54 Å². The Labute approximate surface area is 135 Å². The van der Waals surface area contributed by atoms with Crippen molar-refractivity contribution in [1.29, 1.82) is 0 Å². The number of ether oxygens (including phenoxy) is 2.